The van der Waals surface area contributed by atoms with Gasteiger partial charge in [-0.2, -0.15) is 0 Å². The van der Waals surface area contributed by atoms with Gasteiger partial charge in [0.05, 0.1) is 11.1 Å². The molecule has 0 radical (unpaired) electrons. The van der Waals surface area contributed by atoms with Gasteiger partial charge in [-0.15, -0.1) is 0 Å². The van der Waals surface area contributed by atoms with Gasteiger partial charge in [0.15, 0.2) is 0 Å². The summed E-state index contributed by atoms with van der Waals surface area (Å²) in [5, 5.41) is 6.77. The van der Waals surface area contributed by atoms with E-state index in [4.69, 9.17) is 4.42 Å². The first-order valence-corrected chi connectivity index (χ1v) is 17.6. The molecule has 0 unspecified atom stereocenters. The minimum atomic E-state index is 0.843. The van der Waals surface area contributed by atoms with Crippen LogP contribution in [0.1, 0.15) is 0 Å². The van der Waals surface area contributed by atoms with Gasteiger partial charge in [-0.05, 0) is 110 Å². The number of hydrogen-bond acceptors (Lipinski definition) is 3. The Morgan fingerprint density at radius 2 is 1.13 bits per heavy atom. The normalized spacial score (nSPS) is 11.5. The largest absolute Gasteiger partial charge is 0.456 e. The molecule has 2 heterocycles. The molecule has 52 heavy (non-hydrogen) atoms. The first kappa shape index (κ1) is 29.9. The Bertz CT molecular complexity index is 2910. The zero-order valence-electron chi connectivity index (χ0n) is 28.3. The molecule has 10 rings (SSSR count). The SMILES string of the molecule is c1ccc(-c2cccc(N(c3ccc(-c4ccccc4)c(-c4ccc5ccccc5c4)c3)c3cccc4oc5cc6cnccc6cc5c34)c2)cc1. The molecule has 0 fully saturated rings. The van der Waals surface area contributed by atoms with E-state index in [2.05, 4.69) is 192 Å². The van der Waals surface area contributed by atoms with Crippen molar-refractivity contribution in [1.82, 2.24) is 4.98 Å². The van der Waals surface area contributed by atoms with Gasteiger partial charge in [-0.25, -0.2) is 0 Å². The first-order valence-electron chi connectivity index (χ1n) is 17.6. The molecule has 244 valence electrons. The number of furan rings is 1. The third-order valence-electron chi connectivity index (χ3n) is 10.1. The van der Waals surface area contributed by atoms with E-state index in [9.17, 15) is 0 Å². The van der Waals surface area contributed by atoms with Crippen LogP contribution < -0.4 is 4.90 Å². The van der Waals surface area contributed by atoms with Gasteiger partial charge in [-0.1, -0.05) is 121 Å². The predicted molar refractivity (Wildman–Crippen MR) is 218 cm³/mol. The van der Waals surface area contributed by atoms with E-state index in [1.165, 1.54) is 38.6 Å². The third kappa shape index (κ3) is 5.19. The average molecular weight is 665 g/mol. The van der Waals surface area contributed by atoms with Gasteiger partial charge in [0, 0.05) is 34.5 Å². The number of aromatic nitrogens is 1. The van der Waals surface area contributed by atoms with Crippen LogP contribution in [0.2, 0.25) is 0 Å². The molecule has 0 bridgehead atoms. The van der Waals surface area contributed by atoms with Gasteiger partial charge in [0.2, 0.25) is 0 Å². The van der Waals surface area contributed by atoms with E-state index >= 15 is 0 Å². The van der Waals surface area contributed by atoms with Crippen LogP contribution in [0.15, 0.2) is 199 Å². The van der Waals surface area contributed by atoms with Crippen LogP contribution in [0.3, 0.4) is 0 Å². The molecule has 0 aliphatic rings. The molecule has 0 saturated heterocycles. The smallest absolute Gasteiger partial charge is 0.137 e. The fraction of sp³-hybridized carbons (Fsp3) is 0. The highest BCUT2D eigenvalue weighted by Gasteiger charge is 2.22. The standard InChI is InChI=1S/C49H32N2O/c1-3-11-33(12-4-1)37-17-9-18-41(28-37)51(46-19-10-20-47-49(46)45-29-38-25-26-50-32-40(38)30-48(45)52-47)42-23-24-43(35-14-5-2-6-15-35)44(31-42)39-22-21-34-13-7-8-16-36(34)27-39/h1-32H. The van der Waals surface area contributed by atoms with Gasteiger partial charge < -0.3 is 9.32 Å². The van der Waals surface area contributed by atoms with Gasteiger partial charge in [0.25, 0.3) is 0 Å². The summed E-state index contributed by atoms with van der Waals surface area (Å²) in [4.78, 5) is 6.75. The zero-order chi connectivity index (χ0) is 34.4. The summed E-state index contributed by atoms with van der Waals surface area (Å²) in [7, 11) is 0. The van der Waals surface area contributed by atoms with E-state index < -0.39 is 0 Å². The van der Waals surface area contributed by atoms with E-state index in [0.717, 1.165) is 55.3 Å². The second-order valence-corrected chi connectivity index (χ2v) is 13.2. The molecule has 0 amide bonds. The topological polar surface area (TPSA) is 29.3 Å². The number of rotatable bonds is 6. The highest BCUT2D eigenvalue weighted by Crippen LogP contribution is 2.46. The number of benzene rings is 8. The predicted octanol–water partition coefficient (Wildman–Crippen LogP) is 13.8. The van der Waals surface area contributed by atoms with Crippen LogP contribution in [0.25, 0.3) is 76.9 Å². The fourth-order valence-corrected chi connectivity index (χ4v) is 7.59. The lowest BCUT2D eigenvalue weighted by Crippen LogP contribution is -2.11. The van der Waals surface area contributed by atoms with Gasteiger partial charge in [-0.3, -0.25) is 4.98 Å². The fourth-order valence-electron chi connectivity index (χ4n) is 7.59. The maximum Gasteiger partial charge on any atom is 0.137 e. The van der Waals surface area contributed by atoms with E-state index in [0.29, 0.717) is 0 Å². The molecule has 3 nitrogen and oxygen atoms in total. The van der Waals surface area contributed by atoms with Crippen LogP contribution in [-0.4, -0.2) is 4.98 Å². The van der Waals surface area contributed by atoms with E-state index in [-0.39, 0.29) is 0 Å². The van der Waals surface area contributed by atoms with Gasteiger partial charge in [0.1, 0.15) is 11.2 Å². The molecule has 3 heteroatoms. The molecule has 0 N–H and O–H groups in total. The lowest BCUT2D eigenvalue weighted by molar-refractivity contribution is 0.669. The van der Waals surface area contributed by atoms with Crippen molar-refractivity contribution in [3.8, 4) is 33.4 Å². The van der Waals surface area contributed by atoms with Crippen molar-refractivity contribution in [2.45, 2.75) is 0 Å². The van der Waals surface area contributed by atoms with Crippen molar-refractivity contribution in [1.29, 1.82) is 0 Å². The van der Waals surface area contributed by atoms with Crippen molar-refractivity contribution in [2.75, 3.05) is 4.90 Å². The molecule has 10 aromatic rings. The van der Waals surface area contributed by atoms with E-state index in [1.54, 1.807) is 0 Å². The monoisotopic (exact) mass is 664 g/mol. The first-order chi connectivity index (χ1) is 25.8. The second kappa shape index (κ2) is 12.4. The van der Waals surface area contributed by atoms with Crippen molar-refractivity contribution in [2.24, 2.45) is 0 Å². The summed E-state index contributed by atoms with van der Waals surface area (Å²) < 4.78 is 6.57. The number of anilines is 3. The third-order valence-corrected chi connectivity index (χ3v) is 10.1. The minimum Gasteiger partial charge on any atom is -0.456 e. The zero-order valence-corrected chi connectivity index (χ0v) is 28.3. The Labute approximate surface area is 301 Å². The Morgan fingerprint density at radius 1 is 0.404 bits per heavy atom. The molecule has 0 aliphatic carbocycles. The van der Waals surface area contributed by atoms with Crippen LogP contribution in [-0.2, 0) is 0 Å². The van der Waals surface area contributed by atoms with Crippen LogP contribution in [0.5, 0.6) is 0 Å². The van der Waals surface area contributed by atoms with Crippen LogP contribution in [0, 0.1) is 0 Å². The van der Waals surface area contributed by atoms with Crippen molar-refractivity contribution < 1.29 is 4.42 Å². The lowest BCUT2D eigenvalue weighted by Gasteiger charge is -2.28. The molecular weight excluding hydrogens is 633 g/mol. The van der Waals surface area contributed by atoms with Crippen molar-refractivity contribution in [3.63, 3.8) is 0 Å². The summed E-state index contributed by atoms with van der Waals surface area (Å²) >= 11 is 0. The van der Waals surface area contributed by atoms with Crippen LogP contribution >= 0.6 is 0 Å². The number of hydrogen-bond donors (Lipinski definition) is 0. The molecule has 0 aliphatic heterocycles. The molecule has 0 saturated carbocycles. The van der Waals surface area contributed by atoms with Crippen LogP contribution in [0.4, 0.5) is 17.1 Å². The minimum absolute atomic E-state index is 0.843. The lowest BCUT2D eigenvalue weighted by atomic mass is 9.92. The van der Waals surface area contributed by atoms with E-state index in [1.807, 2.05) is 12.4 Å². The average Bonchev–Trinajstić information content (AvgIpc) is 3.58. The molecule has 2 aromatic heterocycles. The van der Waals surface area contributed by atoms with Crippen molar-refractivity contribution in [3.05, 3.63) is 194 Å². The molecule has 8 aromatic carbocycles. The number of pyridine rings is 1. The highest BCUT2D eigenvalue weighted by atomic mass is 16.3. The maximum absolute atomic E-state index is 6.57. The van der Waals surface area contributed by atoms with Gasteiger partial charge >= 0.3 is 0 Å². The maximum atomic E-state index is 6.57. The number of fused-ring (bicyclic) bond motifs is 5. The Balaban J connectivity index is 1.25. The summed E-state index contributed by atoms with van der Waals surface area (Å²) in [5.74, 6) is 0. The summed E-state index contributed by atoms with van der Waals surface area (Å²) in [5.41, 5.74) is 11.9. The Kier molecular flexibility index (Phi) is 7.14. The van der Waals surface area contributed by atoms with Crippen molar-refractivity contribution >= 4 is 60.5 Å². The Hall–Kier alpha value is -6.97. The summed E-state index contributed by atoms with van der Waals surface area (Å²) in [6.45, 7) is 0. The molecular formula is C49H32N2O. The quantitative estimate of drug-likeness (QED) is 0.177. The second-order valence-electron chi connectivity index (χ2n) is 13.2. The molecule has 0 atom stereocenters. The summed E-state index contributed by atoms with van der Waals surface area (Å²) in [6.07, 6.45) is 3.74. The summed E-state index contributed by atoms with van der Waals surface area (Å²) in [6, 6.07) is 65.1. The highest BCUT2D eigenvalue weighted by molar-refractivity contribution is 6.16. The Morgan fingerprint density at radius 3 is 2.00 bits per heavy atom. The molecule has 0 spiro atoms. The number of nitrogens with zero attached hydrogens (tertiary/aromatic N) is 2.